The van der Waals surface area contributed by atoms with Gasteiger partial charge in [0, 0.05) is 6.04 Å². The molecule has 0 spiro atoms. The monoisotopic (exact) mass is 317 g/mol. The van der Waals surface area contributed by atoms with Gasteiger partial charge in [0.2, 0.25) is 0 Å². The predicted molar refractivity (Wildman–Crippen MR) is 95.2 cm³/mol. The van der Waals surface area contributed by atoms with E-state index in [4.69, 9.17) is 0 Å². The van der Waals surface area contributed by atoms with Gasteiger partial charge in [0.15, 0.2) is 0 Å². The van der Waals surface area contributed by atoms with Crippen molar-refractivity contribution in [1.29, 1.82) is 0 Å². The normalized spacial score (nSPS) is 52.3. The SMILES string of the molecule is CCN[C@H]1CC[C@H]2[C@@H]3CC=C4C[C@H](O)CC[C@]4(C)[C@H]3CC[C@]12C. The highest BCUT2D eigenvalue weighted by Gasteiger charge is 2.58. The first kappa shape index (κ1) is 16.1. The van der Waals surface area contributed by atoms with E-state index in [1.807, 2.05) is 0 Å². The van der Waals surface area contributed by atoms with Crippen molar-refractivity contribution in [2.45, 2.75) is 84.3 Å². The van der Waals surface area contributed by atoms with Crippen molar-refractivity contribution in [1.82, 2.24) is 5.32 Å². The molecule has 4 aliphatic rings. The van der Waals surface area contributed by atoms with Crippen LogP contribution in [0.3, 0.4) is 0 Å². The maximum absolute atomic E-state index is 10.1. The molecule has 4 rings (SSSR count). The molecule has 0 radical (unpaired) electrons. The first-order chi connectivity index (χ1) is 11.0. The molecule has 0 aromatic carbocycles. The Hall–Kier alpha value is -0.340. The zero-order valence-corrected chi connectivity index (χ0v) is 15.3. The van der Waals surface area contributed by atoms with Gasteiger partial charge < -0.3 is 10.4 Å². The van der Waals surface area contributed by atoms with Gasteiger partial charge >= 0.3 is 0 Å². The maximum Gasteiger partial charge on any atom is 0.0577 e. The number of nitrogens with one attached hydrogen (secondary N) is 1. The molecule has 7 atom stereocenters. The van der Waals surface area contributed by atoms with E-state index in [-0.39, 0.29) is 6.10 Å². The summed E-state index contributed by atoms with van der Waals surface area (Å²) in [6.45, 7) is 8.48. The Balaban J connectivity index is 1.62. The van der Waals surface area contributed by atoms with Gasteiger partial charge in [-0.15, -0.1) is 0 Å². The largest absolute Gasteiger partial charge is 0.393 e. The highest BCUT2D eigenvalue weighted by atomic mass is 16.3. The zero-order chi connectivity index (χ0) is 16.2. The number of aliphatic hydroxyl groups is 1. The Morgan fingerprint density at radius 1 is 1.13 bits per heavy atom. The third-order valence-corrected chi connectivity index (χ3v) is 8.53. The molecule has 0 unspecified atom stereocenters. The zero-order valence-electron chi connectivity index (χ0n) is 15.3. The molecule has 0 aromatic heterocycles. The summed E-state index contributed by atoms with van der Waals surface area (Å²) < 4.78 is 0. The maximum atomic E-state index is 10.1. The van der Waals surface area contributed by atoms with Crippen LogP contribution >= 0.6 is 0 Å². The lowest BCUT2D eigenvalue weighted by Gasteiger charge is -2.58. The smallest absolute Gasteiger partial charge is 0.0577 e. The number of rotatable bonds is 2. The second-order valence-corrected chi connectivity index (χ2v) is 9.39. The average Bonchev–Trinajstić information content (AvgIpc) is 2.85. The van der Waals surface area contributed by atoms with Gasteiger partial charge in [0.25, 0.3) is 0 Å². The van der Waals surface area contributed by atoms with Crippen molar-refractivity contribution in [2.75, 3.05) is 6.54 Å². The number of aliphatic hydroxyl groups excluding tert-OH is 1. The molecule has 4 aliphatic carbocycles. The van der Waals surface area contributed by atoms with Crippen molar-refractivity contribution < 1.29 is 5.11 Å². The number of fused-ring (bicyclic) bond motifs is 5. The van der Waals surface area contributed by atoms with Crippen LogP contribution in [0.25, 0.3) is 0 Å². The second kappa shape index (κ2) is 5.59. The topological polar surface area (TPSA) is 32.3 Å². The molecule has 0 amide bonds. The third kappa shape index (κ3) is 2.28. The van der Waals surface area contributed by atoms with Crippen LogP contribution < -0.4 is 5.32 Å². The fraction of sp³-hybridized carbons (Fsp3) is 0.905. The minimum absolute atomic E-state index is 0.0793. The molecular formula is C21H35NO. The van der Waals surface area contributed by atoms with Gasteiger partial charge in [-0.25, -0.2) is 0 Å². The summed E-state index contributed by atoms with van der Waals surface area (Å²) in [4.78, 5) is 0. The van der Waals surface area contributed by atoms with Crippen LogP contribution in [0, 0.1) is 28.6 Å². The molecular weight excluding hydrogens is 282 g/mol. The summed E-state index contributed by atoms with van der Waals surface area (Å²) in [6, 6.07) is 0.741. The highest BCUT2D eigenvalue weighted by molar-refractivity contribution is 5.25. The molecule has 0 saturated heterocycles. The summed E-state index contributed by atoms with van der Waals surface area (Å²) in [5.41, 5.74) is 2.51. The van der Waals surface area contributed by atoms with E-state index in [1.165, 1.54) is 38.5 Å². The van der Waals surface area contributed by atoms with Gasteiger partial charge in [-0.2, -0.15) is 0 Å². The fourth-order valence-electron chi connectivity index (χ4n) is 7.22. The molecule has 2 N–H and O–H groups in total. The van der Waals surface area contributed by atoms with E-state index < -0.39 is 0 Å². The molecule has 3 saturated carbocycles. The number of hydrogen-bond donors (Lipinski definition) is 2. The number of allylic oxidation sites excluding steroid dienone is 1. The van der Waals surface area contributed by atoms with Crippen molar-refractivity contribution in [2.24, 2.45) is 28.6 Å². The molecule has 0 heterocycles. The van der Waals surface area contributed by atoms with Crippen LogP contribution in [0.5, 0.6) is 0 Å². The lowest BCUT2D eigenvalue weighted by molar-refractivity contribution is -0.0431. The second-order valence-electron chi connectivity index (χ2n) is 9.39. The van der Waals surface area contributed by atoms with Crippen molar-refractivity contribution in [3.8, 4) is 0 Å². The van der Waals surface area contributed by atoms with Gasteiger partial charge in [-0.3, -0.25) is 0 Å². The molecule has 0 bridgehead atoms. The van der Waals surface area contributed by atoms with Crippen LogP contribution in [0.1, 0.15) is 72.1 Å². The van der Waals surface area contributed by atoms with E-state index in [9.17, 15) is 5.11 Å². The average molecular weight is 318 g/mol. The molecule has 2 heteroatoms. The summed E-state index contributed by atoms with van der Waals surface area (Å²) in [5.74, 6) is 2.67. The highest BCUT2D eigenvalue weighted by Crippen LogP contribution is 2.64. The summed E-state index contributed by atoms with van der Waals surface area (Å²) in [6.07, 6.45) is 12.5. The first-order valence-corrected chi connectivity index (χ1v) is 10.1. The number of hydrogen-bond acceptors (Lipinski definition) is 2. The van der Waals surface area contributed by atoms with Crippen LogP contribution in [0.15, 0.2) is 11.6 Å². The quantitative estimate of drug-likeness (QED) is 0.745. The minimum Gasteiger partial charge on any atom is -0.393 e. The molecule has 23 heavy (non-hydrogen) atoms. The van der Waals surface area contributed by atoms with Crippen LogP contribution in [0.4, 0.5) is 0 Å². The van der Waals surface area contributed by atoms with E-state index in [1.54, 1.807) is 5.57 Å². The lowest BCUT2D eigenvalue weighted by Crippen LogP contribution is -2.53. The Morgan fingerprint density at radius 2 is 1.96 bits per heavy atom. The van der Waals surface area contributed by atoms with E-state index in [0.717, 1.165) is 43.2 Å². The predicted octanol–water partition coefficient (Wildman–Crippen LogP) is 4.29. The standard InChI is InChI=1S/C21H35NO/c1-4-22-19-8-7-17-16-6-5-14-13-15(23)9-11-20(14,2)18(16)10-12-21(17,19)3/h5,15-19,22-23H,4,6-13H2,1-3H3/t15-,16+,17+,18+,19+,20+,21+/m1/s1. The Bertz CT molecular complexity index is 500. The Labute approximate surface area is 142 Å². The molecule has 2 nitrogen and oxygen atoms in total. The van der Waals surface area contributed by atoms with Gasteiger partial charge in [-0.1, -0.05) is 32.4 Å². The van der Waals surface area contributed by atoms with Crippen LogP contribution in [-0.2, 0) is 0 Å². The van der Waals surface area contributed by atoms with Gasteiger partial charge in [0.1, 0.15) is 0 Å². The molecule has 130 valence electrons. The summed E-state index contributed by atoms with van der Waals surface area (Å²) in [5, 5.41) is 13.9. The van der Waals surface area contributed by atoms with Crippen molar-refractivity contribution in [3.05, 3.63) is 11.6 Å². The van der Waals surface area contributed by atoms with E-state index >= 15 is 0 Å². The summed E-state index contributed by atoms with van der Waals surface area (Å²) >= 11 is 0. The third-order valence-electron chi connectivity index (χ3n) is 8.53. The lowest BCUT2D eigenvalue weighted by atomic mass is 9.48. The van der Waals surface area contributed by atoms with E-state index in [0.29, 0.717) is 10.8 Å². The van der Waals surface area contributed by atoms with Gasteiger partial charge in [-0.05, 0) is 86.5 Å². The van der Waals surface area contributed by atoms with E-state index in [2.05, 4.69) is 32.2 Å². The molecule has 0 aliphatic heterocycles. The summed E-state index contributed by atoms with van der Waals surface area (Å²) in [7, 11) is 0. The van der Waals surface area contributed by atoms with Crippen molar-refractivity contribution >= 4 is 0 Å². The van der Waals surface area contributed by atoms with Gasteiger partial charge in [0.05, 0.1) is 6.10 Å². The van der Waals surface area contributed by atoms with Crippen LogP contribution in [0.2, 0.25) is 0 Å². The first-order valence-electron chi connectivity index (χ1n) is 10.1. The van der Waals surface area contributed by atoms with Crippen LogP contribution in [-0.4, -0.2) is 23.8 Å². The Kier molecular flexibility index (Phi) is 3.93. The Morgan fingerprint density at radius 3 is 2.74 bits per heavy atom. The minimum atomic E-state index is -0.0793. The molecule has 0 aromatic rings. The van der Waals surface area contributed by atoms with Crippen molar-refractivity contribution in [3.63, 3.8) is 0 Å². The fourth-order valence-corrected chi connectivity index (χ4v) is 7.22. The molecule has 3 fully saturated rings.